The van der Waals surface area contributed by atoms with Gasteiger partial charge in [0.25, 0.3) is 0 Å². The number of rotatable bonds is 7. The molecule has 3 rings (SSSR count). The van der Waals surface area contributed by atoms with Crippen LogP contribution in [0.2, 0.25) is 0 Å². The van der Waals surface area contributed by atoms with E-state index in [4.69, 9.17) is 14.2 Å². The molecule has 0 saturated carbocycles. The first-order chi connectivity index (χ1) is 13.1. The predicted octanol–water partition coefficient (Wildman–Crippen LogP) is 1.87. The zero-order valence-electron chi connectivity index (χ0n) is 15.2. The molecule has 0 radical (unpaired) electrons. The summed E-state index contributed by atoms with van der Waals surface area (Å²) < 4.78 is 17.4. The zero-order valence-corrected chi connectivity index (χ0v) is 15.2. The Balaban J connectivity index is 1.70. The van der Waals surface area contributed by atoms with Crippen LogP contribution in [0, 0.1) is 0 Å². The lowest BCUT2D eigenvalue weighted by Gasteiger charge is -2.14. The fraction of sp³-hybridized carbons (Fsp3) is 0.222. The molecule has 0 aliphatic rings. The van der Waals surface area contributed by atoms with Gasteiger partial charge in [-0.05, 0) is 29.8 Å². The first-order valence-corrected chi connectivity index (χ1v) is 8.04. The number of carbonyl (C=O) groups excluding carboxylic acids is 1. The molecule has 2 aromatic heterocycles. The van der Waals surface area contributed by atoms with Gasteiger partial charge >= 0.3 is 0 Å². The zero-order chi connectivity index (χ0) is 19.2. The molecule has 0 atom stereocenters. The molecule has 0 spiro atoms. The van der Waals surface area contributed by atoms with Gasteiger partial charge in [0.1, 0.15) is 12.7 Å². The molecule has 0 saturated heterocycles. The van der Waals surface area contributed by atoms with E-state index in [1.54, 1.807) is 36.8 Å². The van der Waals surface area contributed by atoms with Gasteiger partial charge in [-0.3, -0.25) is 4.79 Å². The second-order valence-corrected chi connectivity index (χ2v) is 5.50. The minimum atomic E-state index is -0.195. The van der Waals surface area contributed by atoms with E-state index in [2.05, 4.69) is 20.4 Å². The Morgan fingerprint density at radius 2 is 1.85 bits per heavy atom. The van der Waals surface area contributed by atoms with Gasteiger partial charge in [-0.1, -0.05) is 0 Å². The van der Waals surface area contributed by atoms with Gasteiger partial charge in [-0.25, -0.2) is 14.6 Å². The molecule has 2 heterocycles. The number of nitrogens with one attached hydrogen (secondary N) is 1. The van der Waals surface area contributed by atoms with Crippen molar-refractivity contribution in [3.8, 4) is 23.1 Å². The van der Waals surface area contributed by atoms with E-state index in [1.165, 1.54) is 32.3 Å². The van der Waals surface area contributed by atoms with Crippen molar-refractivity contribution in [1.29, 1.82) is 0 Å². The summed E-state index contributed by atoms with van der Waals surface area (Å²) in [5.74, 6) is 1.89. The molecule has 27 heavy (non-hydrogen) atoms. The van der Waals surface area contributed by atoms with Crippen LogP contribution >= 0.6 is 0 Å². The fourth-order valence-corrected chi connectivity index (χ4v) is 2.55. The predicted molar refractivity (Wildman–Crippen MR) is 97.6 cm³/mol. The van der Waals surface area contributed by atoms with Crippen LogP contribution in [-0.4, -0.2) is 47.0 Å². The molecule has 1 N–H and O–H groups in total. The van der Waals surface area contributed by atoms with Crippen LogP contribution in [0.15, 0.2) is 43.1 Å². The molecule has 140 valence electrons. The normalized spacial score (nSPS) is 10.3. The molecule has 1 amide bonds. The standard InChI is InChI=1S/C18H19N5O4/c1-25-14-6-12(7-15(26-2)18(14)27-3)8-17(24)22-13-4-5-16(20-9-13)23-11-19-10-21-23/h4-7,9-11H,8H2,1-3H3,(H,22,24). The molecular weight excluding hydrogens is 350 g/mol. The Morgan fingerprint density at radius 3 is 2.37 bits per heavy atom. The number of aromatic nitrogens is 4. The van der Waals surface area contributed by atoms with Gasteiger partial charge in [0, 0.05) is 0 Å². The van der Waals surface area contributed by atoms with Gasteiger partial charge < -0.3 is 19.5 Å². The summed E-state index contributed by atoms with van der Waals surface area (Å²) >= 11 is 0. The van der Waals surface area contributed by atoms with E-state index in [1.807, 2.05) is 0 Å². The number of carbonyl (C=O) groups is 1. The number of anilines is 1. The van der Waals surface area contributed by atoms with Gasteiger partial charge in [0.2, 0.25) is 11.7 Å². The van der Waals surface area contributed by atoms with Crippen molar-refractivity contribution in [2.75, 3.05) is 26.6 Å². The molecule has 9 heteroatoms. The van der Waals surface area contributed by atoms with Crippen molar-refractivity contribution >= 4 is 11.6 Å². The summed E-state index contributed by atoms with van der Waals surface area (Å²) in [7, 11) is 4.59. The Morgan fingerprint density at radius 1 is 1.11 bits per heavy atom. The lowest BCUT2D eigenvalue weighted by Crippen LogP contribution is -2.15. The van der Waals surface area contributed by atoms with Gasteiger partial charge in [0.15, 0.2) is 17.3 Å². The molecule has 1 aromatic carbocycles. The highest BCUT2D eigenvalue weighted by molar-refractivity contribution is 5.92. The van der Waals surface area contributed by atoms with Crippen LogP contribution in [0.4, 0.5) is 5.69 Å². The fourth-order valence-electron chi connectivity index (χ4n) is 2.55. The third kappa shape index (κ3) is 4.14. The third-order valence-corrected chi connectivity index (χ3v) is 3.77. The lowest BCUT2D eigenvalue weighted by atomic mass is 10.1. The minimum Gasteiger partial charge on any atom is -0.493 e. The molecule has 0 aliphatic carbocycles. The molecular formula is C18H19N5O4. The molecule has 0 unspecified atom stereocenters. The lowest BCUT2D eigenvalue weighted by molar-refractivity contribution is -0.115. The maximum Gasteiger partial charge on any atom is 0.228 e. The van der Waals surface area contributed by atoms with Gasteiger partial charge in [-0.15, -0.1) is 0 Å². The maximum absolute atomic E-state index is 12.4. The summed E-state index contributed by atoms with van der Waals surface area (Å²) in [6, 6.07) is 6.97. The van der Waals surface area contributed by atoms with Gasteiger partial charge in [0.05, 0.1) is 39.6 Å². The monoisotopic (exact) mass is 369 g/mol. The van der Waals surface area contributed by atoms with Crippen molar-refractivity contribution in [3.63, 3.8) is 0 Å². The molecule has 0 aliphatic heterocycles. The van der Waals surface area contributed by atoms with Crippen LogP contribution in [0.1, 0.15) is 5.56 Å². The first-order valence-electron chi connectivity index (χ1n) is 8.04. The van der Waals surface area contributed by atoms with E-state index >= 15 is 0 Å². The van der Waals surface area contributed by atoms with Crippen molar-refractivity contribution in [2.45, 2.75) is 6.42 Å². The van der Waals surface area contributed by atoms with Crippen molar-refractivity contribution < 1.29 is 19.0 Å². The van der Waals surface area contributed by atoms with Crippen molar-refractivity contribution in [2.24, 2.45) is 0 Å². The summed E-state index contributed by atoms with van der Waals surface area (Å²) in [5, 5.41) is 6.81. The van der Waals surface area contributed by atoms with E-state index < -0.39 is 0 Å². The summed E-state index contributed by atoms with van der Waals surface area (Å²) in [4.78, 5) is 20.5. The number of ether oxygens (including phenoxy) is 3. The molecule has 9 nitrogen and oxygen atoms in total. The number of hydrogen-bond acceptors (Lipinski definition) is 7. The average molecular weight is 369 g/mol. The number of amides is 1. The second kappa shape index (κ2) is 8.17. The van der Waals surface area contributed by atoms with Crippen LogP contribution in [0.5, 0.6) is 17.2 Å². The highest BCUT2D eigenvalue weighted by atomic mass is 16.5. The molecule has 0 fully saturated rings. The molecule has 3 aromatic rings. The quantitative estimate of drug-likeness (QED) is 0.678. The first kappa shape index (κ1) is 18.2. The van der Waals surface area contributed by atoms with E-state index in [9.17, 15) is 4.79 Å². The van der Waals surface area contributed by atoms with E-state index in [0.29, 0.717) is 28.8 Å². The Kier molecular flexibility index (Phi) is 5.50. The Hall–Kier alpha value is -3.62. The number of methoxy groups -OCH3 is 3. The smallest absolute Gasteiger partial charge is 0.228 e. The van der Waals surface area contributed by atoms with E-state index in [-0.39, 0.29) is 12.3 Å². The summed E-state index contributed by atoms with van der Waals surface area (Å²) in [6.45, 7) is 0. The SMILES string of the molecule is COc1cc(CC(=O)Nc2ccc(-n3cncn3)nc2)cc(OC)c1OC. The van der Waals surface area contributed by atoms with E-state index in [0.717, 1.165) is 5.56 Å². The third-order valence-electron chi connectivity index (χ3n) is 3.77. The summed E-state index contributed by atoms with van der Waals surface area (Å²) in [6.07, 6.45) is 4.67. The number of nitrogens with zero attached hydrogens (tertiary/aromatic N) is 4. The van der Waals surface area contributed by atoms with Crippen LogP contribution < -0.4 is 19.5 Å². The topological polar surface area (TPSA) is 100 Å². The van der Waals surface area contributed by atoms with Crippen LogP contribution in [0.25, 0.3) is 5.82 Å². The summed E-state index contributed by atoms with van der Waals surface area (Å²) in [5.41, 5.74) is 1.31. The highest BCUT2D eigenvalue weighted by Gasteiger charge is 2.15. The number of hydrogen-bond donors (Lipinski definition) is 1. The van der Waals surface area contributed by atoms with Gasteiger partial charge in [-0.2, -0.15) is 5.10 Å². The Labute approximate surface area is 155 Å². The second-order valence-electron chi connectivity index (χ2n) is 5.50. The van der Waals surface area contributed by atoms with Crippen molar-refractivity contribution in [3.05, 3.63) is 48.7 Å². The largest absolute Gasteiger partial charge is 0.493 e. The molecule has 0 bridgehead atoms. The van der Waals surface area contributed by atoms with Crippen LogP contribution in [-0.2, 0) is 11.2 Å². The minimum absolute atomic E-state index is 0.140. The number of benzene rings is 1. The van der Waals surface area contributed by atoms with Crippen LogP contribution in [0.3, 0.4) is 0 Å². The van der Waals surface area contributed by atoms with Crippen molar-refractivity contribution in [1.82, 2.24) is 19.7 Å². The Bertz CT molecular complexity index is 885. The average Bonchev–Trinajstić information content (AvgIpc) is 3.22. The highest BCUT2D eigenvalue weighted by Crippen LogP contribution is 2.38. The maximum atomic E-state index is 12.4. The number of pyridine rings is 1.